The zero-order chi connectivity index (χ0) is 18.5. The molecule has 0 saturated carbocycles. The second-order valence-electron chi connectivity index (χ2n) is 6.45. The van der Waals surface area contributed by atoms with Crippen LogP contribution in [0.4, 0.5) is 0 Å². The van der Waals surface area contributed by atoms with Gasteiger partial charge in [-0.25, -0.2) is 0 Å². The van der Waals surface area contributed by atoms with Crippen molar-refractivity contribution in [2.24, 2.45) is 10.8 Å². The van der Waals surface area contributed by atoms with Crippen LogP contribution in [0.15, 0.2) is 9.52 Å². The number of amides is 1. The number of rotatable bonds is 5. The van der Waals surface area contributed by atoms with Gasteiger partial charge >= 0.3 is 0 Å². The van der Waals surface area contributed by atoms with E-state index < -0.39 is 0 Å². The highest BCUT2D eigenvalue weighted by atomic mass is 32.1. The van der Waals surface area contributed by atoms with Gasteiger partial charge in [-0.2, -0.15) is 5.10 Å². The van der Waals surface area contributed by atoms with E-state index in [4.69, 9.17) is 27.1 Å². The molecule has 1 aliphatic carbocycles. The molecular formula is C17H25N5O3S. The summed E-state index contributed by atoms with van der Waals surface area (Å²) in [5, 5.41) is 7.34. The van der Waals surface area contributed by atoms with Gasteiger partial charge in [-0.1, -0.05) is 0 Å². The lowest BCUT2D eigenvalue weighted by atomic mass is 9.93. The molecule has 9 heteroatoms. The molecule has 0 spiro atoms. The number of thiocarbonyl (C=S) groups is 1. The summed E-state index contributed by atoms with van der Waals surface area (Å²) in [6, 6.07) is 0. The van der Waals surface area contributed by atoms with E-state index in [1.165, 1.54) is 0 Å². The van der Waals surface area contributed by atoms with E-state index in [0.717, 1.165) is 74.7 Å². The van der Waals surface area contributed by atoms with Crippen LogP contribution in [-0.2, 0) is 11.2 Å². The Balaban J connectivity index is 1.66. The highest BCUT2D eigenvalue weighted by Gasteiger charge is 2.28. The largest absolute Gasteiger partial charge is 0.455 e. The lowest BCUT2D eigenvalue weighted by Crippen LogP contribution is -2.41. The van der Waals surface area contributed by atoms with Gasteiger partial charge in [-0.05, 0) is 32.0 Å². The van der Waals surface area contributed by atoms with E-state index in [-0.39, 0.29) is 11.0 Å². The van der Waals surface area contributed by atoms with Crippen molar-refractivity contribution in [3.05, 3.63) is 22.6 Å². The number of morpholine rings is 1. The quantitative estimate of drug-likeness (QED) is 0.506. The van der Waals surface area contributed by atoms with Gasteiger partial charge in [0.2, 0.25) is 0 Å². The molecule has 1 aromatic heterocycles. The highest BCUT2D eigenvalue weighted by Crippen LogP contribution is 2.29. The molecule has 26 heavy (non-hydrogen) atoms. The van der Waals surface area contributed by atoms with Gasteiger partial charge in [0.15, 0.2) is 10.9 Å². The van der Waals surface area contributed by atoms with E-state index in [1.54, 1.807) is 0 Å². The number of hydrogen-bond acceptors (Lipinski definition) is 6. The van der Waals surface area contributed by atoms with Crippen LogP contribution in [-0.4, -0.2) is 61.0 Å². The maximum atomic E-state index is 12.6. The lowest BCUT2D eigenvalue weighted by molar-refractivity contribution is 0.0382. The van der Waals surface area contributed by atoms with Crippen molar-refractivity contribution < 1.29 is 13.9 Å². The fraction of sp³-hybridized carbons (Fsp3) is 0.588. The summed E-state index contributed by atoms with van der Waals surface area (Å²) in [6.45, 7) is 6.58. The summed E-state index contributed by atoms with van der Waals surface area (Å²) >= 11 is 4.80. The fourth-order valence-corrected chi connectivity index (χ4v) is 3.40. The van der Waals surface area contributed by atoms with Gasteiger partial charge in [0.1, 0.15) is 5.76 Å². The van der Waals surface area contributed by atoms with E-state index in [2.05, 4.69) is 20.7 Å². The predicted molar refractivity (Wildman–Crippen MR) is 102 cm³/mol. The zero-order valence-electron chi connectivity index (χ0n) is 15.0. The van der Waals surface area contributed by atoms with Gasteiger partial charge in [-0.15, -0.1) is 0 Å². The molecule has 4 N–H and O–H groups in total. The minimum atomic E-state index is -0.188. The molecule has 2 aliphatic rings. The van der Waals surface area contributed by atoms with E-state index in [0.29, 0.717) is 12.3 Å². The van der Waals surface area contributed by atoms with Crippen LogP contribution >= 0.6 is 12.2 Å². The van der Waals surface area contributed by atoms with Gasteiger partial charge in [0.05, 0.1) is 18.9 Å². The molecule has 142 valence electrons. The summed E-state index contributed by atoms with van der Waals surface area (Å²) in [7, 11) is 0. The number of fused-ring (bicyclic) bond motifs is 1. The highest BCUT2D eigenvalue weighted by molar-refractivity contribution is 7.80. The molecule has 0 bridgehead atoms. The molecule has 1 amide bonds. The maximum Gasteiger partial charge on any atom is 0.287 e. The third kappa shape index (κ3) is 4.40. The van der Waals surface area contributed by atoms with Crippen LogP contribution in [0.25, 0.3) is 0 Å². The maximum absolute atomic E-state index is 12.6. The van der Waals surface area contributed by atoms with Gasteiger partial charge in [0, 0.05) is 43.7 Å². The van der Waals surface area contributed by atoms with Gasteiger partial charge < -0.3 is 20.2 Å². The minimum absolute atomic E-state index is 0.117. The third-order valence-electron chi connectivity index (χ3n) is 4.65. The first kappa shape index (κ1) is 18.8. The summed E-state index contributed by atoms with van der Waals surface area (Å²) < 4.78 is 11.2. The molecule has 1 aromatic rings. The van der Waals surface area contributed by atoms with Crippen molar-refractivity contribution in [3.8, 4) is 0 Å². The second kappa shape index (κ2) is 8.61. The third-order valence-corrected chi connectivity index (χ3v) is 4.74. The number of furan rings is 1. The lowest BCUT2D eigenvalue weighted by Gasteiger charge is -2.26. The standard InChI is InChI=1S/C17H25N5O3S/c1-11-14-12(20-21-17(18)26)3-2-4-13(14)25-15(11)16(23)19-5-6-22-7-9-24-10-8-22/h2-10H2,1H3,(H,19,23)(H3,18,21,26)/b20-12+. The Morgan fingerprint density at radius 3 is 2.85 bits per heavy atom. The van der Waals surface area contributed by atoms with Crippen LogP contribution in [0.5, 0.6) is 0 Å². The molecule has 0 unspecified atom stereocenters. The summed E-state index contributed by atoms with van der Waals surface area (Å²) in [4.78, 5) is 14.8. The Morgan fingerprint density at radius 1 is 1.35 bits per heavy atom. The Kier molecular flexibility index (Phi) is 6.23. The number of aryl methyl sites for hydroxylation is 1. The average Bonchev–Trinajstić information content (AvgIpc) is 2.98. The second-order valence-corrected chi connectivity index (χ2v) is 6.89. The normalized spacial score (nSPS) is 19.2. The molecule has 2 heterocycles. The number of hydrazone groups is 1. The summed E-state index contributed by atoms with van der Waals surface area (Å²) in [6.07, 6.45) is 2.50. The number of carbonyl (C=O) groups is 1. The van der Waals surface area contributed by atoms with Gasteiger partial charge in [0.25, 0.3) is 5.91 Å². The summed E-state index contributed by atoms with van der Waals surface area (Å²) in [5.74, 6) is 0.976. The smallest absolute Gasteiger partial charge is 0.287 e. The van der Waals surface area contributed by atoms with Crippen molar-refractivity contribution in [1.82, 2.24) is 15.6 Å². The van der Waals surface area contributed by atoms with E-state index in [1.807, 2.05) is 6.92 Å². The minimum Gasteiger partial charge on any atom is -0.455 e. The van der Waals surface area contributed by atoms with E-state index >= 15 is 0 Å². The van der Waals surface area contributed by atoms with Crippen LogP contribution < -0.4 is 16.5 Å². The molecule has 1 aliphatic heterocycles. The first-order valence-electron chi connectivity index (χ1n) is 8.89. The number of nitrogens with one attached hydrogen (secondary N) is 2. The first-order valence-corrected chi connectivity index (χ1v) is 9.30. The Bertz CT molecular complexity index is 709. The molecule has 8 nitrogen and oxygen atoms in total. The first-order chi connectivity index (χ1) is 12.6. The van der Waals surface area contributed by atoms with Crippen molar-refractivity contribution >= 4 is 28.9 Å². The van der Waals surface area contributed by atoms with Crippen LogP contribution in [0.2, 0.25) is 0 Å². The topological polar surface area (TPSA) is 105 Å². The van der Waals surface area contributed by atoms with Crippen LogP contribution in [0, 0.1) is 6.92 Å². The number of hydrogen-bond donors (Lipinski definition) is 3. The van der Waals surface area contributed by atoms with Crippen molar-refractivity contribution in [2.75, 3.05) is 39.4 Å². The summed E-state index contributed by atoms with van der Waals surface area (Å²) in [5.41, 5.74) is 10.6. The van der Waals surface area contributed by atoms with Crippen LogP contribution in [0.3, 0.4) is 0 Å². The molecule has 1 saturated heterocycles. The average molecular weight is 379 g/mol. The van der Waals surface area contributed by atoms with E-state index in [9.17, 15) is 4.79 Å². The fourth-order valence-electron chi connectivity index (χ4n) is 3.35. The SMILES string of the molecule is Cc1c(C(=O)NCCN2CCOCC2)oc2c1/C(=N/NC(N)=S)CCC2. The molecule has 0 atom stereocenters. The molecule has 3 rings (SSSR count). The number of ether oxygens (including phenoxy) is 1. The molecule has 0 aromatic carbocycles. The Hall–Kier alpha value is -1.97. The number of carbonyl (C=O) groups excluding carboxylic acids is 1. The molecule has 0 radical (unpaired) electrons. The van der Waals surface area contributed by atoms with Crippen molar-refractivity contribution in [2.45, 2.75) is 26.2 Å². The zero-order valence-corrected chi connectivity index (χ0v) is 15.8. The van der Waals surface area contributed by atoms with Crippen molar-refractivity contribution in [1.29, 1.82) is 0 Å². The Labute approximate surface area is 158 Å². The van der Waals surface area contributed by atoms with Crippen molar-refractivity contribution in [3.63, 3.8) is 0 Å². The number of nitrogens with zero attached hydrogens (tertiary/aromatic N) is 2. The number of nitrogens with two attached hydrogens (primary N) is 1. The van der Waals surface area contributed by atoms with Crippen LogP contribution in [0.1, 0.15) is 40.3 Å². The Morgan fingerprint density at radius 2 is 2.12 bits per heavy atom. The van der Waals surface area contributed by atoms with Gasteiger partial charge in [-0.3, -0.25) is 15.1 Å². The molecular weight excluding hydrogens is 354 g/mol. The predicted octanol–water partition coefficient (Wildman–Crippen LogP) is 0.524. The monoisotopic (exact) mass is 379 g/mol. The molecule has 1 fully saturated rings.